The average molecular weight is 456 g/mol. The van der Waals surface area contributed by atoms with Gasteiger partial charge in [0.2, 0.25) is 0 Å². The Morgan fingerprint density at radius 2 is 1.90 bits per heavy atom. The number of nitrogens with one attached hydrogen (secondary N) is 1. The van der Waals surface area contributed by atoms with E-state index in [0.29, 0.717) is 32.8 Å². The quantitative estimate of drug-likeness (QED) is 0.550. The first-order valence-electron chi connectivity index (χ1n) is 10.3. The van der Waals surface area contributed by atoms with Crippen molar-refractivity contribution in [2.45, 2.75) is 25.3 Å². The number of benzene rings is 2. The van der Waals surface area contributed by atoms with Crippen molar-refractivity contribution in [1.29, 1.82) is 0 Å². The summed E-state index contributed by atoms with van der Waals surface area (Å²) >= 11 is 12.3. The Kier molecular flexibility index (Phi) is 5.42. The maximum atomic E-state index is 13.2. The first-order chi connectivity index (χ1) is 15.0. The van der Waals surface area contributed by atoms with Crippen LogP contribution in [0.25, 0.3) is 22.0 Å². The number of aromatic amines is 1. The molecule has 3 aromatic rings. The lowest BCUT2D eigenvalue weighted by Crippen LogP contribution is -2.36. The van der Waals surface area contributed by atoms with Gasteiger partial charge in [-0.15, -0.1) is 0 Å². The fourth-order valence-electron chi connectivity index (χ4n) is 4.42. The van der Waals surface area contributed by atoms with Crippen molar-refractivity contribution < 1.29 is 4.39 Å². The van der Waals surface area contributed by atoms with Crippen LogP contribution < -0.4 is 5.56 Å². The second-order valence-corrected chi connectivity index (χ2v) is 8.82. The molecular formula is C24H20Cl2FN3O. The van der Waals surface area contributed by atoms with Gasteiger partial charge in [0, 0.05) is 24.2 Å². The maximum Gasteiger partial charge on any atom is 0.259 e. The smallest absolute Gasteiger partial charge is 0.259 e. The third-order valence-electron chi connectivity index (χ3n) is 6.06. The van der Waals surface area contributed by atoms with Crippen LogP contribution in [0.4, 0.5) is 4.39 Å². The molecular weight excluding hydrogens is 436 g/mol. The first-order valence-corrected chi connectivity index (χ1v) is 11.0. The van der Waals surface area contributed by atoms with E-state index >= 15 is 0 Å². The number of rotatable bonds is 3. The zero-order valence-corrected chi connectivity index (χ0v) is 18.2. The lowest BCUT2D eigenvalue weighted by Gasteiger charge is -2.30. The zero-order valence-electron chi connectivity index (χ0n) is 16.7. The molecule has 0 bridgehead atoms. The minimum atomic E-state index is -0.237. The number of aromatic nitrogens is 2. The Bertz CT molecular complexity index is 1280. The Morgan fingerprint density at radius 3 is 2.65 bits per heavy atom. The van der Waals surface area contributed by atoms with Crippen molar-refractivity contribution >= 4 is 45.3 Å². The van der Waals surface area contributed by atoms with Gasteiger partial charge in [0.25, 0.3) is 5.56 Å². The number of nitrogens with zero attached hydrogens (tertiary/aromatic N) is 2. The first kappa shape index (κ1) is 20.4. The van der Waals surface area contributed by atoms with Gasteiger partial charge in [-0.1, -0.05) is 47.5 Å². The van der Waals surface area contributed by atoms with Gasteiger partial charge in [0.15, 0.2) is 0 Å². The van der Waals surface area contributed by atoms with Crippen LogP contribution in [0.15, 0.2) is 53.3 Å². The molecule has 158 valence electrons. The predicted molar refractivity (Wildman–Crippen MR) is 124 cm³/mol. The van der Waals surface area contributed by atoms with Crippen LogP contribution in [0.5, 0.6) is 0 Å². The van der Waals surface area contributed by atoms with E-state index in [1.807, 2.05) is 12.1 Å². The van der Waals surface area contributed by atoms with Crippen molar-refractivity contribution in [3.63, 3.8) is 0 Å². The second-order valence-electron chi connectivity index (χ2n) is 7.98. The molecule has 1 aliphatic heterocycles. The van der Waals surface area contributed by atoms with Crippen LogP contribution in [0.2, 0.25) is 10.0 Å². The Hall–Kier alpha value is -2.47. The third-order valence-corrected chi connectivity index (χ3v) is 6.57. The number of fused-ring (bicyclic) bond motifs is 1. The van der Waals surface area contributed by atoms with Crippen molar-refractivity contribution in [3.05, 3.63) is 86.2 Å². The number of halogens is 3. The van der Waals surface area contributed by atoms with Crippen LogP contribution in [0, 0.1) is 5.82 Å². The van der Waals surface area contributed by atoms with Gasteiger partial charge in [-0.3, -0.25) is 9.69 Å². The minimum Gasteiger partial charge on any atom is -0.306 e. The largest absolute Gasteiger partial charge is 0.306 e. The number of hydrogen-bond donors (Lipinski definition) is 1. The third kappa shape index (κ3) is 4.05. The fourth-order valence-corrected chi connectivity index (χ4v) is 4.95. The molecule has 4 nitrogen and oxygen atoms in total. The Balaban J connectivity index is 1.37. The van der Waals surface area contributed by atoms with E-state index in [4.69, 9.17) is 23.2 Å². The van der Waals surface area contributed by atoms with Crippen molar-refractivity contribution in [2.75, 3.05) is 13.1 Å². The molecule has 1 N–H and O–H groups in total. The van der Waals surface area contributed by atoms with Crippen LogP contribution in [0.3, 0.4) is 0 Å². The highest BCUT2D eigenvalue weighted by atomic mass is 35.5. The molecule has 5 rings (SSSR count). The summed E-state index contributed by atoms with van der Waals surface area (Å²) in [5, 5.41) is 1.18. The lowest BCUT2D eigenvalue weighted by atomic mass is 9.98. The molecule has 2 heterocycles. The molecule has 0 spiro atoms. The van der Waals surface area contributed by atoms with Gasteiger partial charge in [-0.25, -0.2) is 9.37 Å². The Morgan fingerprint density at radius 1 is 1.10 bits per heavy atom. The summed E-state index contributed by atoms with van der Waals surface area (Å²) in [6.07, 6.45) is 7.17. The SMILES string of the molecule is O=c1[nH]c(C2=CC(N3CC=C(c4ccc(F)cc4)CC3)CC2)nc2c(Cl)cc(Cl)cc12. The zero-order chi connectivity index (χ0) is 21.5. The molecule has 1 aliphatic carbocycles. The molecule has 7 heteroatoms. The van der Waals surface area contributed by atoms with Gasteiger partial charge >= 0.3 is 0 Å². The van der Waals surface area contributed by atoms with Crippen molar-refractivity contribution in [3.8, 4) is 0 Å². The van der Waals surface area contributed by atoms with Crippen LogP contribution >= 0.6 is 23.2 Å². The number of hydrogen-bond acceptors (Lipinski definition) is 3. The van der Waals surface area contributed by atoms with Crippen LogP contribution in [0.1, 0.15) is 30.7 Å². The molecule has 2 aromatic carbocycles. The summed E-state index contributed by atoms with van der Waals surface area (Å²) in [4.78, 5) is 22.5. The van der Waals surface area contributed by atoms with Gasteiger partial charge in [-0.05, 0) is 60.2 Å². The molecule has 1 aromatic heterocycles. The molecule has 1 unspecified atom stereocenters. The van der Waals surface area contributed by atoms with Crippen molar-refractivity contribution in [2.24, 2.45) is 0 Å². The average Bonchev–Trinajstić information content (AvgIpc) is 3.25. The number of H-pyrrole nitrogens is 1. The molecule has 0 radical (unpaired) electrons. The molecule has 0 saturated heterocycles. The van der Waals surface area contributed by atoms with Gasteiger partial charge in [0.1, 0.15) is 11.6 Å². The summed E-state index contributed by atoms with van der Waals surface area (Å²) in [6, 6.07) is 10.2. The normalized spacial score (nSPS) is 19.5. The topological polar surface area (TPSA) is 49.0 Å². The van der Waals surface area contributed by atoms with E-state index in [9.17, 15) is 9.18 Å². The maximum absolute atomic E-state index is 13.2. The summed E-state index contributed by atoms with van der Waals surface area (Å²) < 4.78 is 13.2. The lowest BCUT2D eigenvalue weighted by molar-refractivity contribution is 0.250. The molecule has 0 amide bonds. The minimum absolute atomic E-state index is 0.213. The molecule has 0 saturated carbocycles. The van der Waals surface area contributed by atoms with Crippen LogP contribution in [-0.4, -0.2) is 34.0 Å². The van der Waals surface area contributed by atoms with E-state index in [1.165, 1.54) is 17.7 Å². The van der Waals surface area contributed by atoms with Gasteiger partial charge < -0.3 is 4.98 Å². The highest BCUT2D eigenvalue weighted by Gasteiger charge is 2.26. The summed E-state index contributed by atoms with van der Waals surface area (Å²) in [7, 11) is 0. The summed E-state index contributed by atoms with van der Waals surface area (Å²) in [5.74, 6) is 0.360. The Labute approximate surface area is 189 Å². The second kappa shape index (κ2) is 8.23. The monoisotopic (exact) mass is 455 g/mol. The summed E-state index contributed by atoms with van der Waals surface area (Å²) in [6.45, 7) is 1.77. The highest BCUT2D eigenvalue weighted by molar-refractivity contribution is 6.38. The van der Waals surface area contributed by atoms with E-state index in [1.54, 1.807) is 12.1 Å². The fraction of sp³-hybridized carbons (Fsp3) is 0.250. The molecule has 0 fully saturated rings. The van der Waals surface area contributed by atoms with E-state index < -0.39 is 0 Å². The predicted octanol–water partition coefficient (Wildman–Crippen LogP) is 5.70. The van der Waals surface area contributed by atoms with Gasteiger partial charge in [0.05, 0.1) is 15.9 Å². The number of allylic oxidation sites excluding steroid dienone is 1. The standard InChI is InChI=1S/C24H20Cl2FN3O/c25-17-12-20-22(21(26)13-17)28-23(29-24(20)31)16-3-6-19(11-16)30-9-7-15(8-10-30)14-1-4-18(27)5-2-14/h1-2,4-5,7,11-13,19H,3,6,8-10H2,(H,28,29,31). The summed E-state index contributed by atoms with van der Waals surface area (Å²) in [5.41, 5.74) is 3.60. The molecule has 2 aliphatic rings. The van der Waals surface area contributed by atoms with E-state index in [0.717, 1.165) is 43.5 Å². The van der Waals surface area contributed by atoms with E-state index in [2.05, 4.69) is 27.0 Å². The highest BCUT2D eigenvalue weighted by Crippen LogP contribution is 2.32. The van der Waals surface area contributed by atoms with Crippen LogP contribution in [-0.2, 0) is 0 Å². The molecule has 31 heavy (non-hydrogen) atoms. The van der Waals surface area contributed by atoms with Crippen molar-refractivity contribution in [1.82, 2.24) is 14.9 Å². The van der Waals surface area contributed by atoms with E-state index in [-0.39, 0.29) is 11.4 Å². The van der Waals surface area contributed by atoms with Gasteiger partial charge in [-0.2, -0.15) is 0 Å². The molecule has 1 atom stereocenters.